The molecule has 4 heteroatoms. The van der Waals surface area contributed by atoms with Crippen LogP contribution in [-0.4, -0.2) is 17.8 Å². The zero-order valence-electron chi connectivity index (χ0n) is 2.74. The van der Waals surface area contributed by atoms with Gasteiger partial charge in [0, 0.05) is 0 Å². The van der Waals surface area contributed by atoms with Crippen molar-refractivity contribution in [3.8, 4) is 0 Å². The van der Waals surface area contributed by atoms with Crippen LogP contribution in [0.3, 0.4) is 0 Å². The molecule has 2 nitrogen and oxygen atoms in total. The zero-order chi connectivity index (χ0) is 4.28. The first kappa shape index (κ1) is 9.46. The van der Waals surface area contributed by atoms with Gasteiger partial charge in [0.25, 0.3) is 0 Å². The molecule has 0 aliphatic carbocycles. The van der Waals surface area contributed by atoms with Crippen LogP contribution in [0.1, 0.15) is 0 Å². The van der Waals surface area contributed by atoms with Gasteiger partial charge in [-0.25, -0.2) is 9.18 Å². The van der Waals surface area contributed by atoms with Crippen LogP contribution in [0.4, 0.5) is 4.39 Å². The van der Waals surface area contributed by atoms with Crippen molar-refractivity contribution < 1.29 is 36.7 Å². The minimum absolute atomic E-state index is 0. The van der Waals surface area contributed by atoms with E-state index in [-0.39, 0.29) is 22.4 Å². The van der Waals surface area contributed by atoms with E-state index in [2.05, 4.69) is 0 Å². The summed E-state index contributed by atoms with van der Waals surface area (Å²) in [5.74, 6) is -1.41. The Labute approximate surface area is 49.9 Å². The molecule has 0 saturated carbocycles. The number of hydrogen-bond acceptors (Lipinski definition) is 1. The maximum atomic E-state index is 10.5. The second kappa shape index (κ2) is 5.14. The SMILES string of the molecule is O=C(O)CF.[Ag+]. The second-order valence-corrected chi connectivity index (χ2v) is 0.527. The normalized spacial score (nSPS) is 6.17. The summed E-state index contributed by atoms with van der Waals surface area (Å²) in [7, 11) is 0. The maximum Gasteiger partial charge on any atom is 1.00 e. The summed E-state index contributed by atoms with van der Waals surface area (Å²) >= 11 is 0. The van der Waals surface area contributed by atoms with Gasteiger partial charge in [0.05, 0.1) is 0 Å². The van der Waals surface area contributed by atoms with Crippen LogP contribution in [0.25, 0.3) is 0 Å². The van der Waals surface area contributed by atoms with Crippen LogP contribution in [-0.2, 0) is 27.2 Å². The molecule has 0 unspecified atom stereocenters. The van der Waals surface area contributed by atoms with E-state index >= 15 is 0 Å². The fourth-order valence-corrected chi connectivity index (χ4v) is 0. The Balaban J connectivity index is 0. The molecule has 40 valence electrons. The standard InChI is InChI=1S/C2H3FO2.Ag/c3-1-2(4)5;/h1H2,(H,4,5);/q;+1. The van der Waals surface area contributed by atoms with Gasteiger partial charge in [-0.15, -0.1) is 0 Å². The van der Waals surface area contributed by atoms with Crippen molar-refractivity contribution in [3.63, 3.8) is 0 Å². The van der Waals surface area contributed by atoms with Crippen LogP contribution in [0, 0.1) is 0 Å². The summed E-state index contributed by atoms with van der Waals surface area (Å²) in [6, 6.07) is 0. The Hall–Kier alpha value is 0.140. The molecule has 0 aromatic rings. The Kier molecular flexibility index (Phi) is 8.11. The van der Waals surface area contributed by atoms with Crippen molar-refractivity contribution in [2.45, 2.75) is 0 Å². The van der Waals surface area contributed by atoms with Crippen LogP contribution >= 0.6 is 0 Å². The third-order valence-electron chi connectivity index (χ3n) is 0.114. The van der Waals surface area contributed by atoms with Gasteiger partial charge in [-0.05, 0) is 0 Å². The van der Waals surface area contributed by atoms with Crippen molar-refractivity contribution in [2.75, 3.05) is 6.67 Å². The molecular formula is C2H3AgFO2+. The fourth-order valence-electron chi connectivity index (χ4n) is 0. The molecule has 0 bridgehead atoms. The second-order valence-electron chi connectivity index (χ2n) is 0.527. The number of carboxylic acid groups (broad SMARTS) is 1. The van der Waals surface area contributed by atoms with E-state index in [0.29, 0.717) is 0 Å². The number of halogens is 1. The molecule has 0 atom stereocenters. The third kappa shape index (κ3) is 8.91. The molecule has 0 rings (SSSR count). The average molecular weight is 186 g/mol. The molecule has 1 N–H and O–H groups in total. The van der Waals surface area contributed by atoms with Gasteiger partial charge in [-0.3, -0.25) is 0 Å². The van der Waals surface area contributed by atoms with E-state index < -0.39 is 12.6 Å². The summed E-state index contributed by atoms with van der Waals surface area (Å²) in [5, 5.41) is 7.35. The van der Waals surface area contributed by atoms with Gasteiger partial charge >= 0.3 is 28.3 Å². The molecule has 0 aliphatic heterocycles. The minimum Gasteiger partial charge on any atom is -0.479 e. The average Bonchev–Trinajstić information content (AvgIpc) is 1.38. The number of aliphatic carboxylic acids is 1. The molecule has 0 radical (unpaired) electrons. The number of hydrogen-bond donors (Lipinski definition) is 1. The first-order chi connectivity index (χ1) is 2.27. The van der Waals surface area contributed by atoms with Crippen molar-refractivity contribution >= 4 is 5.97 Å². The summed E-state index contributed by atoms with van der Waals surface area (Å²) in [6.07, 6.45) is 0. The van der Waals surface area contributed by atoms with E-state index in [9.17, 15) is 4.39 Å². The number of carbonyl (C=O) groups is 1. The Bertz CT molecular complexity index is 46.8. The van der Waals surface area contributed by atoms with E-state index in [1.807, 2.05) is 0 Å². The van der Waals surface area contributed by atoms with Gasteiger partial charge in [-0.2, -0.15) is 0 Å². The Morgan fingerprint density at radius 2 is 2.00 bits per heavy atom. The largest absolute Gasteiger partial charge is 1.00 e. The van der Waals surface area contributed by atoms with Crippen molar-refractivity contribution in [1.29, 1.82) is 0 Å². The quantitative estimate of drug-likeness (QED) is 0.586. The molecule has 0 aliphatic rings. The van der Waals surface area contributed by atoms with Gasteiger partial charge in [0.15, 0.2) is 6.67 Å². The molecule has 0 amide bonds. The van der Waals surface area contributed by atoms with Crippen LogP contribution in [0.2, 0.25) is 0 Å². The summed E-state index contributed by atoms with van der Waals surface area (Å²) < 4.78 is 10.5. The number of alkyl halides is 1. The zero-order valence-corrected chi connectivity index (χ0v) is 4.22. The Morgan fingerprint density at radius 3 is 2.00 bits per heavy atom. The Morgan fingerprint density at radius 1 is 1.83 bits per heavy atom. The van der Waals surface area contributed by atoms with Crippen LogP contribution in [0.15, 0.2) is 0 Å². The third-order valence-corrected chi connectivity index (χ3v) is 0.114. The van der Waals surface area contributed by atoms with Gasteiger partial charge in [-0.1, -0.05) is 0 Å². The van der Waals surface area contributed by atoms with E-state index in [1.54, 1.807) is 0 Å². The van der Waals surface area contributed by atoms with Gasteiger partial charge in [0.1, 0.15) is 0 Å². The monoisotopic (exact) mass is 185 g/mol. The number of rotatable bonds is 1. The minimum atomic E-state index is -1.41. The fraction of sp³-hybridized carbons (Fsp3) is 0.500. The molecule has 0 aromatic carbocycles. The summed E-state index contributed by atoms with van der Waals surface area (Å²) in [6.45, 7) is -1.28. The topological polar surface area (TPSA) is 37.3 Å². The predicted octanol–water partition coefficient (Wildman–Crippen LogP) is 0.0380. The van der Waals surface area contributed by atoms with E-state index in [1.165, 1.54) is 0 Å². The maximum absolute atomic E-state index is 10.5. The molecule has 0 saturated heterocycles. The van der Waals surface area contributed by atoms with E-state index in [4.69, 9.17) is 9.90 Å². The molecular weight excluding hydrogens is 183 g/mol. The molecule has 0 fully saturated rings. The van der Waals surface area contributed by atoms with E-state index in [0.717, 1.165) is 0 Å². The van der Waals surface area contributed by atoms with Gasteiger partial charge < -0.3 is 5.11 Å². The molecule has 6 heavy (non-hydrogen) atoms. The van der Waals surface area contributed by atoms with Crippen molar-refractivity contribution in [1.82, 2.24) is 0 Å². The van der Waals surface area contributed by atoms with Crippen molar-refractivity contribution in [3.05, 3.63) is 0 Å². The van der Waals surface area contributed by atoms with Crippen molar-refractivity contribution in [2.24, 2.45) is 0 Å². The van der Waals surface area contributed by atoms with Gasteiger partial charge in [0.2, 0.25) is 0 Å². The van der Waals surface area contributed by atoms with Crippen LogP contribution in [0.5, 0.6) is 0 Å². The molecule has 0 heterocycles. The summed E-state index contributed by atoms with van der Waals surface area (Å²) in [4.78, 5) is 8.99. The molecule has 0 aromatic heterocycles. The first-order valence-electron chi connectivity index (χ1n) is 1.05. The predicted molar refractivity (Wildman–Crippen MR) is 13.6 cm³/mol. The van der Waals surface area contributed by atoms with Crippen LogP contribution < -0.4 is 0 Å². The first-order valence-corrected chi connectivity index (χ1v) is 1.05. The number of carboxylic acids is 1. The summed E-state index contributed by atoms with van der Waals surface area (Å²) in [5.41, 5.74) is 0. The molecule has 0 spiro atoms. The smallest absolute Gasteiger partial charge is 0.479 e.